The summed E-state index contributed by atoms with van der Waals surface area (Å²) in [5.41, 5.74) is 0.970. The van der Waals surface area contributed by atoms with E-state index in [4.69, 9.17) is 9.47 Å². The minimum atomic E-state index is -0.227. The molecule has 2 aromatic rings. The SMILES string of the molecule is CCN(CC)C(=O)CN1CCO[C@H](c2c(C(=O)N3CCOCC3)sc3ccccc23)C1. The number of thiophene rings is 1. The van der Waals surface area contributed by atoms with E-state index in [1.54, 1.807) is 11.3 Å². The highest BCUT2D eigenvalue weighted by Crippen LogP contribution is 2.39. The molecule has 2 amide bonds. The van der Waals surface area contributed by atoms with E-state index in [1.165, 1.54) is 0 Å². The molecule has 0 unspecified atom stereocenters. The number of carbonyl (C=O) groups is 2. The van der Waals surface area contributed by atoms with Crippen molar-refractivity contribution in [3.63, 3.8) is 0 Å². The number of morpholine rings is 2. The normalized spacial score (nSPS) is 20.2. The fraction of sp³-hybridized carbons (Fsp3) is 0.565. The number of fused-ring (bicyclic) bond motifs is 1. The first-order valence-electron chi connectivity index (χ1n) is 11.1. The molecule has 1 atom stereocenters. The maximum atomic E-state index is 13.4. The second-order valence-electron chi connectivity index (χ2n) is 7.91. The number of likely N-dealkylation sites (N-methyl/N-ethyl adjacent to an activating group) is 1. The van der Waals surface area contributed by atoms with Crippen molar-refractivity contribution in [2.75, 3.05) is 65.6 Å². The molecule has 0 aliphatic carbocycles. The van der Waals surface area contributed by atoms with E-state index in [9.17, 15) is 9.59 Å². The van der Waals surface area contributed by atoms with Gasteiger partial charge in [0.25, 0.3) is 5.91 Å². The first kappa shape index (κ1) is 22.2. The molecular weight excluding hydrogens is 414 g/mol. The van der Waals surface area contributed by atoms with Crippen LogP contribution in [0.1, 0.15) is 35.2 Å². The van der Waals surface area contributed by atoms with Crippen LogP contribution in [-0.2, 0) is 14.3 Å². The maximum absolute atomic E-state index is 13.4. The Morgan fingerprint density at radius 2 is 1.84 bits per heavy atom. The number of rotatable bonds is 6. The second-order valence-corrected chi connectivity index (χ2v) is 8.96. The van der Waals surface area contributed by atoms with Gasteiger partial charge in [0.15, 0.2) is 0 Å². The fourth-order valence-electron chi connectivity index (χ4n) is 4.34. The summed E-state index contributed by atoms with van der Waals surface area (Å²) in [6.07, 6.45) is -0.227. The molecule has 1 aromatic carbocycles. The van der Waals surface area contributed by atoms with Crippen LogP contribution >= 0.6 is 11.3 Å². The number of hydrogen-bond acceptors (Lipinski definition) is 6. The topological polar surface area (TPSA) is 62.3 Å². The molecule has 2 aliphatic heterocycles. The Kier molecular flexibility index (Phi) is 7.22. The van der Waals surface area contributed by atoms with E-state index in [2.05, 4.69) is 17.0 Å². The maximum Gasteiger partial charge on any atom is 0.264 e. The molecule has 0 N–H and O–H groups in total. The summed E-state index contributed by atoms with van der Waals surface area (Å²) >= 11 is 1.54. The van der Waals surface area contributed by atoms with Crippen LogP contribution in [0.4, 0.5) is 0 Å². The van der Waals surface area contributed by atoms with Crippen molar-refractivity contribution in [3.8, 4) is 0 Å². The van der Waals surface area contributed by atoms with Crippen LogP contribution in [0.2, 0.25) is 0 Å². The third-order valence-electron chi connectivity index (χ3n) is 6.07. The molecule has 2 saturated heterocycles. The summed E-state index contributed by atoms with van der Waals surface area (Å²) in [5.74, 6) is 0.199. The van der Waals surface area contributed by atoms with Gasteiger partial charge in [-0.05, 0) is 25.3 Å². The highest BCUT2D eigenvalue weighted by Gasteiger charge is 2.32. The molecular formula is C23H31N3O4S. The first-order chi connectivity index (χ1) is 15.1. The summed E-state index contributed by atoms with van der Waals surface area (Å²) in [4.78, 5) is 32.7. The Bertz CT molecular complexity index is 921. The highest BCUT2D eigenvalue weighted by molar-refractivity contribution is 7.21. The quantitative estimate of drug-likeness (QED) is 0.684. The van der Waals surface area contributed by atoms with Crippen molar-refractivity contribution in [2.24, 2.45) is 0 Å². The van der Waals surface area contributed by atoms with Gasteiger partial charge in [0.1, 0.15) is 0 Å². The standard InChI is InChI=1S/C23H31N3O4S/c1-3-25(4-2)20(27)16-24-9-14-30-18(15-24)21-17-7-5-6-8-19(17)31-22(21)23(28)26-10-12-29-13-11-26/h5-8,18H,3-4,9-16H2,1-2H3/t18-/m0/s1. The number of carbonyl (C=O) groups excluding carboxylic acids is 2. The molecule has 31 heavy (non-hydrogen) atoms. The van der Waals surface area contributed by atoms with Gasteiger partial charge in [0, 0.05) is 49.5 Å². The predicted octanol–water partition coefficient (Wildman–Crippen LogP) is 2.62. The largest absolute Gasteiger partial charge is 0.378 e. The van der Waals surface area contributed by atoms with Crippen LogP contribution in [-0.4, -0.2) is 92.1 Å². The minimum absolute atomic E-state index is 0.0550. The average molecular weight is 446 g/mol. The number of nitrogens with zero attached hydrogens (tertiary/aromatic N) is 3. The van der Waals surface area contributed by atoms with Gasteiger partial charge < -0.3 is 19.3 Å². The van der Waals surface area contributed by atoms with Crippen LogP contribution in [0, 0.1) is 0 Å². The number of ether oxygens (including phenoxy) is 2. The van der Waals surface area contributed by atoms with E-state index < -0.39 is 0 Å². The van der Waals surface area contributed by atoms with Gasteiger partial charge in [-0.2, -0.15) is 0 Å². The van der Waals surface area contributed by atoms with Gasteiger partial charge in [-0.3, -0.25) is 14.5 Å². The molecule has 8 heteroatoms. The Hall–Kier alpha value is -2.00. The van der Waals surface area contributed by atoms with Crippen molar-refractivity contribution in [1.82, 2.24) is 14.7 Å². The van der Waals surface area contributed by atoms with Gasteiger partial charge in [-0.15, -0.1) is 11.3 Å². The van der Waals surface area contributed by atoms with Gasteiger partial charge in [0.2, 0.25) is 5.91 Å². The van der Waals surface area contributed by atoms with Crippen LogP contribution in [0.25, 0.3) is 10.1 Å². The van der Waals surface area contributed by atoms with Gasteiger partial charge in [-0.1, -0.05) is 18.2 Å². The smallest absolute Gasteiger partial charge is 0.264 e. The Morgan fingerprint density at radius 1 is 1.10 bits per heavy atom. The lowest BCUT2D eigenvalue weighted by Crippen LogP contribution is -2.46. The molecule has 1 aromatic heterocycles. The van der Waals surface area contributed by atoms with E-state index in [-0.39, 0.29) is 17.9 Å². The molecule has 0 bridgehead atoms. The number of benzene rings is 1. The van der Waals surface area contributed by atoms with E-state index in [0.717, 1.165) is 40.2 Å². The molecule has 2 fully saturated rings. The lowest BCUT2D eigenvalue weighted by Gasteiger charge is -2.34. The van der Waals surface area contributed by atoms with E-state index >= 15 is 0 Å². The van der Waals surface area contributed by atoms with Crippen LogP contribution < -0.4 is 0 Å². The number of amides is 2. The highest BCUT2D eigenvalue weighted by atomic mass is 32.1. The molecule has 2 aliphatic rings. The van der Waals surface area contributed by atoms with Crippen LogP contribution in [0.15, 0.2) is 24.3 Å². The zero-order valence-corrected chi connectivity index (χ0v) is 19.2. The van der Waals surface area contributed by atoms with Crippen molar-refractivity contribution in [1.29, 1.82) is 0 Å². The Balaban J connectivity index is 1.60. The third-order valence-corrected chi connectivity index (χ3v) is 7.25. The van der Waals surface area contributed by atoms with Gasteiger partial charge in [-0.25, -0.2) is 0 Å². The predicted molar refractivity (Wildman–Crippen MR) is 122 cm³/mol. The third kappa shape index (κ3) is 4.77. The summed E-state index contributed by atoms with van der Waals surface area (Å²) < 4.78 is 12.7. The van der Waals surface area contributed by atoms with E-state index in [0.29, 0.717) is 46.0 Å². The lowest BCUT2D eigenvalue weighted by molar-refractivity contribution is -0.134. The summed E-state index contributed by atoms with van der Waals surface area (Å²) in [6, 6.07) is 8.14. The Labute approximate surface area is 187 Å². The Morgan fingerprint density at radius 3 is 2.58 bits per heavy atom. The summed E-state index contributed by atoms with van der Waals surface area (Å²) in [5, 5.41) is 1.08. The molecule has 0 saturated carbocycles. The van der Waals surface area contributed by atoms with Crippen molar-refractivity contribution in [2.45, 2.75) is 20.0 Å². The molecule has 4 rings (SSSR count). The van der Waals surface area contributed by atoms with Crippen molar-refractivity contribution >= 4 is 33.2 Å². The first-order valence-corrected chi connectivity index (χ1v) is 11.9. The lowest BCUT2D eigenvalue weighted by atomic mass is 10.0. The summed E-state index contributed by atoms with van der Waals surface area (Å²) in [7, 11) is 0. The molecule has 0 radical (unpaired) electrons. The molecule has 168 valence electrons. The van der Waals surface area contributed by atoms with E-state index in [1.807, 2.05) is 35.8 Å². The van der Waals surface area contributed by atoms with Gasteiger partial charge in [0.05, 0.1) is 37.3 Å². The van der Waals surface area contributed by atoms with Crippen molar-refractivity contribution < 1.29 is 19.1 Å². The molecule has 3 heterocycles. The van der Waals surface area contributed by atoms with Crippen LogP contribution in [0.3, 0.4) is 0 Å². The minimum Gasteiger partial charge on any atom is -0.378 e. The molecule has 0 spiro atoms. The average Bonchev–Trinajstić information content (AvgIpc) is 3.20. The zero-order chi connectivity index (χ0) is 21.8. The van der Waals surface area contributed by atoms with Crippen molar-refractivity contribution in [3.05, 3.63) is 34.7 Å². The second kappa shape index (κ2) is 10.1. The fourth-order valence-corrected chi connectivity index (χ4v) is 5.56. The molecule has 7 nitrogen and oxygen atoms in total. The summed E-state index contributed by atoms with van der Waals surface area (Å²) in [6.45, 7) is 10.1. The van der Waals surface area contributed by atoms with Crippen LogP contribution in [0.5, 0.6) is 0 Å². The zero-order valence-electron chi connectivity index (χ0n) is 18.3. The van der Waals surface area contributed by atoms with Gasteiger partial charge >= 0.3 is 0 Å². The number of hydrogen-bond donors (Lipinski definition) is 0. The monoisotopic (exact) mass is 445 g/mol.